The van der Waals surface area contributed by atoms with Crippen LogP contribution in [0.4, 0.5) is 5.95 Å². The molecule has 0 spiro atoms. The van der Waals surface area contributed by atoms with Gasteiger partial charge in [0, 0.05) is 24.7 Å². The van der Waals surface area contributed by atoms with E-state index < -0.39 is 0 Å². The van der Waals surface area contributed by atoms with E-state index in [0.717, 1.165) is 12.1 Å². The highest BCUT2D eigenvalue weighted by molar-refractivity contribution is 5.72. The van der Waals surface area contributed by atoms with Crippen molar-refractivity contribution < 1.29 is 0 Å². The summed E-state index contributed by atoms with van der Waals surface area (Å²) >= 11 is 0. The lowest BCUT2D eigenvalue weighted by molar-refractivity contribution is 0.782. The van der Waals surface area contributed by atoms with Crippen molar-refractivity contribution in [3.63, 3.8) is 0 Å². The first kappa shape index (κ1) is 13.0. The Morgan fingerprint density at radius 3 is 2.59 bits per heavy atom. The standard InChI is InChI=1S/C19H17N3/c1-20-19-21-12-14-11-17(13-7-3-2-4-8-13)15-9-5-6-10-16(15)18(14)22-19/h2-10,12,17H,11H2,1H3,(H,20,21,22). The van der Waals surface area contributed by atoms with Crippen LogP contribution in [0, 0.1) is 0 Å². The minimum Gasteiger partial charge on any atom is -0.357 e. The van der Waals surface area contributed by atoms with Crippen LogP contribution in [0.5, 0.6) is 0 Å². The second-order valence-corrected chi connectivity index (χ2v) is 5.57. The Hall–Kier alpha value is -2.68. The number of nitrogens with one attached hydrogen (secondary N) is 1. The molecule has 3 nitrogen and oxygen atoms in total. The summed E-state index contributed by atoms with van der Waals surface area (Å²) in [6.45, 7) is 0. The molecule has 0 radical (unpaired) electrons. The minimum absolute atomic E-state index is 0.369. The Kier molecular flexibility index (Phi) is 3.11. The molecule has 3 aromatic rings. The number of hydrogen-bond donors (Lipinski definition) is 1. The van der Waals surface area contributed by atoms with Gasteiger partial charge in [-0.3, -0.25) is 0 Å². The monoisotopic (exact) mass is 287 g/mol. The highest BCUT2D eigenvalue weighted by Crippen LogP contribution is 2.41. The molecule has 0 aliphatic heterocycles. The van der Waals surface area contributed by atoms with Crippen molar-refractivity contribution in [1.82, 2.24) is 9.97 Å². The second-order valence-electron chi connectivity index (χ2n) is 5.57. The highest BCUT2D eigenvalue weighted by Gasteiger charge is 2.27. The van der Waals surface area contributed by atoms with Crippen molar-refractivity contribution in [1.29, 1.82) is 0 Å². The fourth-order valence-corrected chi connectivity index (χ4v) is 3.24. The van der Waals surface area contributed by atoms with Crippen LogP contribution < -0.4 is 5.32 Å². The van der Waals surface area contributed by atoms with Gasteiger partial charge in [-0.2, -0.15) is 0 Å². The van der Waals surface area contributed by atoms with Crippen LogP contribution >= 0.6 is 0 Å². The third kappa shape index (κ3) is 2.06. The Morgan fingerprint density at radius 2 is 1.77 bits per heavy atom. The molecule has 3 heteroatoms. The molecule has 0 saturated carbocycles. The van der Waals surface area contributed by atoms with Gasteiger partial charge in [-0.25, -0.2) is 9.97 Å². The Bertz CT molecular complexity index is 812. The van der Waals surface area contributed by atoms with Gasteiger partial charge >= 0.3 is 0 Å². The van der Waals surface area contributed by atoms with Gasteiger partial charge < -0.3 is 5.32 Å². The zero-order chi connectivity index (χ0) is 14.9. The van der Waals surface area contributed by atoms with Crippen LogP contribution in [-0.2, 0) is 6.42 Å². The Labute approximate surface area is 130 Å². The van der Waals surface area contributed by atoms with Crippen LogP contribution in [0.15, 0.2) is 60.8 Å². The number of nitrogens with zero attached hydrogens (tertiary/aromatic N) is 2. The molecule has 1 aliphatic carbocycles. The van der Waals surface area contributed by atoms with Gasteiger partial charge in [-0.1, -0.05) is 54.6 Å². The maximum Gasteiger partial charge on any atom is 0.222 e. The van der Waals surface area contributed by atoms with E-state index in [-0.39, 0.29) is 0 Å². The van der Waals surface area contributed by atoms with Gasteiger partial charge in [0.25, 0.3) is 0 Å². The van der Waals surface area contributed by atoms with Gasteiger partial charge in [0.05, 0.1) is 5.69 Å². The van der Waals surface area contributed by atoms with E-state index in [2.05, 4.69) is 69.9 Å². The topological polar surface area (TPSA) is 37.8 Å². The van der Waals surface area contributed by atoms with Gasteiger partial charge in [-0.15, -0.1) is 0 Å². The number of rotatable bonds is 2. The molecule has 0 saturated heterocycles. The summed E-state index contributed by atoms with van der Waals surface area (Å²) in [4.78, 5) is 9.07. The summed E-state index contributed by atoms with van der Waals surface area (Å²) in [7, 11) is 1.85. The zero-order valence-electron chi connectivity index (χ0n) is 12.5. The highest BCUT2D eigenvalue weighted by atomic mass is 15.1. The van der Waals surface area contributed by atoms with Crippen molar-refractivity contribution in [3.05, 3.63) is 77.5 Å². The molecule has 0 bridgehead atoms. The third-order valence-electron chi connectivity index (χ3n) is 4.31. The molecule has 4 rings (SSSR count). The molecular formula is C19H17N3. The summed E-state index contributed by atoms with van der Waals surface area (Å²) in [5.41, 5.74) is 6.19. The molecule has 108 valence electrons. The molecule has 2 aromatic carbocycles. The fraction of sp³-hybridized carbons (Fsp3) is 0.158. The molecule has 0 fully saturated rings. The van der Waals surface area contributed by atoms with E-state index in [1.165, 1.54) is 22.3 Å². The van der Waals surface area contributed by atoms with E-state index >= 15 is 0 Å². The van der Waals surface area contributed by atoms with E-state index in [9.17, 15) is 0 Å². The van der Waals surface area contributed by atoms with Crippen molar-refractivity contribution in [2.75, 3.05) is 12.4 Å². The number of aromatic nitrogens is 2. The van der Waals surface area contributed by atoms with E-state index in [0.29, 0.717) is 11.9 Å². The van der Waals surface area contributed by atoms with Gasteiger partial charge in [0.1, 0.15) is 0 Å². The second kappa shape index (κ2) is 5.26. The summed E-state index contributed by atoms with van der Waals surface area (Å²) in [5.74, 6) is 1.04. The van der Waals surface area contributed by atoms with Crippen LogP contribution in [0.1, 0.15) is 22.6 Å². The zero-order valence-corrected chi connectivity index (χ0v) is 12.5. The minimum atomic E-state index is 0.369. The molecule has 0 amide bonds. The van der Waals surface area contributed by atoms with E-state index in [1.54, 1.807) is 0 Å². The third-order valence-corrected chi connectivity index (χ3v) is 4.31. The molecule has 1 unspecified atom stereocenters. The maximum absolute atomic E-state index is 4.68. The summed E-state index contributed by atoms with van der Waals surface area (Å²) in [6, 6.07) is 19.3. The normalized spacial score (nSPS) is 15.8. The number of benzene rings is 2. The molecular weight excluding hydrogens is 270 g/mol. The number of hydrogen-bond acceptors (Lipinski definition) is 3. The average molecular weight is 287 g/mol. The van der Waals surface area contributed by atoms with Crippen molar-refractivity contribution >= 4 is 5.95 Å². The summed E-state index contributed by atoms with van der Waals surface area (Å²) in [6.07, 6.45) is 2.90. The molecule has 1 heterocycles. The van der Waals surface area contributed by atoms with Crippen LogP contribution in [0.25, 0.3) is 11.3 Å². The lowest BCUT2D eigenvalue weighted by atomic mass is 9.78. The molecule has 1 aliphatic rings. The quantitative estimate of drug-likeness (QED) is 0.777. The van der Waals surface area contributed by atoms with E-state index in [4.69, 9.17) is 0 Å². The van der Waals surface area contributed by atoms with Crippen molar-refractivity contribution in [3.8, 4) is 11.3 Å². The average Bonchev–Trinajstić information content (AvgIpc) is 2.61. The number of fused-ring (bicyclic) bond motifs is 3. The molecule has 1 N–H and O–H groups in total. The van der Waals surface area contributed by atoms with Crippen molar-refractivity contribution in [2.45, 2.75) is 12.3 Å². The van der Waals surface area contributed by atoms with Gasteiger partial charge in [0.2, 0.25) is 5.95 Å². The lowest BCUT2D eigenvalue weighted by Gasteiger charge is -2.27. The first-order valence-corrected chi connectivity index (χ1v) is 7.54. The Balaban J connectivity index is 1.90. The maximum atomic E-state index is 4.68. The predicted octanol–water partition coefficient (Wildman–Crippen LogP) is 3.87. The molecule has 1 atom stereocenters. The first-order valence-electron chi connectivity index (χ1n) is 7.54. The van der Waals surface area contributed by atoms with Crippen LogP contribution in [-0.4, -0.2) is 17.0 Å². The van der Waals surface area contributed by atoms with Crippen molar-refractivity contribution in [2.24, 2.45) is 0 Å². The summed E-state index contributed by atoms with van der Waals surface area (Å²) in [5, 5.41) is 3.03. The van der Waals surface area contributed by atoms with Crippen LogP contribution in [0.3, 0.4) is 0 Å². The molecule has 22 heavy (non-hydrogen) atoms. The predicted molar refractivity (Wildman–Crippen MR) is 89.0 cm³/mol. The van der Waals surface area contributed by atoms with Crippen LogP contribution in [0.2, 0.25) is 0 Å². The SMILES string of the molecule is CNc1ncc2c(n1)-c1ccccc1C(c1ccccc1)C2. The molecule has 1 aromatic heterocycles. The van der Waals surface area contributed by atoms with E-state index in [1.807, 2.05) is 13.2 Å². The fourth-order valence-electron chi connectivity index (χ4n) is 3.24. The Morgan fingerprint density at radius 1 is 1.00 bits per heavy atom. The first-order chi connectivity index (χ1) is 10.9. The summed E-state index contributed by atoms with van der Waals surface area (Å²) < 4.78 is 0. The largest absolute Gasteiger partial charge is 0.357 e. The van der Waals surface area contributed by atoms with Gasteiger partial charge in [0.15, 0.2) is 0 Å². The lowest BCUT2D eigenvalue weighted by Crippen LogP contribution is -2.14. The van der Waals surface area contributed by atoms with Gasteiger partial charge in [-0.05, 0) is 23.1 Å². The smallest absolute Gasteiger partial charge is 0.222 e. The number of anilines is 1.